The second-order valence-corrected chi connectivity index (χ2v) is 8.77. The van der Waals surface area contributed by atoms with E-state index < -0.39 is 0 Å². The molecule has 6 atom stereocenters. The molecule has 0 saturated heterocycles. The minimum atomic E-state index is -0.246. The summed E-state index contributed by atoms with van der Waals surface area (Å²) in [4.78, 5) is 37.1. The molecule has 0 aliphatic heterocycles. The second kappa shape index (κ2) is 4.52. The SMILES string of the molecule is C[C@]12CCC(=O)CC1CC(=O)[C@@H]1[C@H]2CC[C@]2(C)C(=O)CC[C@@H]12. The molecule has 0 aromatic heterocycles. The lowest BCUT2D eigenvalue weighted by atomic mass is 9.45. The maximum atomic E-state index is 12.9. The fraction of sp³-hybridized carbons (Fsp3) is 0.842. The highest BCUT2D eigenvalue weighted by atomic mass is 16.1. The molecule has 4 aliphatic carbocycles. The average Bonchev–Trinajstić information content (AvgIpc) is 2.77. The Morgan fingerprint density at radius 2 is 1.68 bits per heavy atom. The van der Waals surface area contributed by atoms with Crippen molar-refractivity contribution in [2.75, 3.05) is 0 Å². The normalized spacial score (nSPS) is 51.3. The molecule has 1 unspecified atom stereocenters. The first-order valence-electron chi connectivity index (χ1n) is 8.94. The fourth-order valence-electron chi connectivity index (χ4n) is 6.50. The second-order valence-electron chi connectivity index (χ2n) is 8.77. The van der Waals surface area contributed by atoms with Crippen LogP contribution in [0.5, 0.6) is 0 Å². The first kappa shape index (κ1) is 14.6. The highest BCUT2D eigenvalue weighted by molar-refractivity contribution is 5.91. The van der Waals surface area contributed by atoms with E-state index in [4.69, 9.17) is 0 Å². The smallest absolute Gasteiger partial charge is 0.139 e. The zero-order chi connectivity index (χ0) is 15.7. The van der Waals surface area contributed by atoms with Crippen LogP contribution in [0, 0.1) is 34.5 Å². The van der Waals surface area contributed by atoms with Crippen molar-refractivity contribution in [2.24, 2.45) is 34.5 Å². The Morgan fingerprint density at radius 3 is 2.45 bits per heavy atom. The highest BCUT2D eigenvalue weighted by Crippen LogP contribution is 2.64. The van der Waals surface area contributed by atoms with Crippen LogP contribution in [0.4, 0.5) is 0 Å². The number of carbonyl (C=O) groups is 3. The first-order valence-corrected chi connectivity index (χ1v) is 8.94. The van der Waals surface area contributed by atoms with Crippen LogP contribution < -0.4 is 0 Å². The number of Topliss-reactive ketones (excluding diaryl/α,β-unsaturated/α-hetero) is 3. The Kier molecular flexibility index (Phi) is 3.00. The van der Waals surface area contributed by atoms with Gasteiger partial charge < -0.3 is 0 Å². The molecule has 4 rings (SSSR count). The molecule has 4 fully saturated rings. The van der Waals surface area contributed by atoms with E-state index in [2.05, 4.69) is 13.8 Å². The van der Waals surface area contributed by atoms with Gasteiger partial charge in [0, 0.05) is 37.0 Å². The van der Waals surface area contributed by atoms with Gasteiger partial charge in [-0.15, -0.1) is 0 Å². The van der Waals surface area contributed by atoms with Gasteiger partial charge >= 0.3 is 0 Å². The van der Waals surface area contributed by atoms with Gasteiger partial charge in [-0.3, -0.25) is 14.4 Å². The quantitative estimate of drug-likeness (QED) is 0.689. The van der Waals surface area contributed by atoms with Gasteiger partial charge in [0.1, 0.15) is 17.3 Å². The predicted octanol–water partition coefficient (Wildman–Crippen LogP) is 3.35. The van der Waals surface area contributed by atoms with Crippen molar-refractivity contribution in [3.63, 3.8) is 0 Å². The van der Waals surface area contributed by atoms with E-state index in [1.165, 1.54) is 0 Å². The average molecular weight is 302 g/mol. The summed E-state index contributed by atoms with van der Waals surface area (Å²) in [6.07, 6.45) is 6.32. The number of fused-ring (bicyclic) bond motifs is 5. The summed E-state index contributed by atoms with van der Waals surface area (Å²) in [7, 11) is 0. The predicted molar refractivity (Wildman–Crippen MR) is 82.1 cm³/mol. The molecule has 0 aromatic carbocycles. The van der Waals surface area contributed by atoms with Gasteiger partial charge in [-0.25, -0.2) is 0 Å². The lowest BCUT2D eigenvalue weighted by Crippen LogP contribution is -2.57. The van der Waals surface area contributed by atoms with E-state index in [0.29, 0.717) is 49.0 Å². The van der Waals surface area contributed by atoms with E-state index in [0.717, 1.165) is 25.7 Å². The summed E-state index contributed by atoms with van der Waals surface area (Å²) in [6, 6.07) is 0. The lowest BCUT2D eigenvalue weighted by molar-refractivity contribution is -0.158. The molecule has 0 amide bonds. The maximum Gasteiger partial charge on any atom is 0.139 e. The summed E-state index contributed by atoms with van der Waals surface area (Å²) < 4.78 is 0. The van der Waals surface area contributed by atoms with Gasteiger partial charge in [-0.2, -0.15) is 0 Å². The molecule has 3 nitrogen and oxygen atoms in total. The lowest BCUT2D eigenvalue weighted by Gasteiger charge is -2.58. The van der Waals surface area contributed by atoms with E-state index in [9.17, 15) is 14.4 Å². The summed E-state index contributed by atoms with van der Waals surface area (Å²) in [5.74, 6) is 2.08. The monoisotopic (exact) mass is 302 g/mol. The molecular weight excluding hydrogens is 276 g/mol. The molecule has 0 N–H and O–H groups in total. The van der Waals surface area contributed by atoms with Crippen LogP contribution >= 0.6 is 0 Å². The van der Waals surface area contributed by atoms with Crippen molar-refractivity contribution in [3.8, 4) is 0 Å². The third-order valence-corrected chi connectivity index (χ3v) is 8.00. The summed E-state index contributed by atoms with van der Waals surface area (Å²) in [5, 5.41) is 0. The zero-order valence-electron chi connectivity index (χ0n) is 13.7. The standard InChI is InChI=1S/C19H26O3/c1-18-7-5-12(20)9-11(18)10-15(21)17-13-3-4-16(22)19(13,2)8-6-14(17)18/h11,13-14,17H,3-10H2,1-2H3/t11?,13-,14+,17-,18-,19-/m0/s1. The van der Waals surface area contributed by atoms with Crippen LogP contribution in [0.25, 0.3) is 0 Å². The minimum absolute atomic E-state index is 0.0830. The Hall–Kier alpha value is -0.990. The van der Waals surface area contributed by atoms with Crippen molar-refractivity contribution in [1.82, 2.24) is 0 Å². The van der Waals surface area contributed by atoms with Crippen molar-refractivity contribution >= 4 is 17.3 Å². The number of hydrogen-bond donors (Lipinski definition) is 0. The molecule has 0 radical (unpaired) electrons. The van der Waals surface area contributed by atoms with Gasteiger partial charge in [0.25, 0.3) is 0 Å². The molecular formula is C19H26O3. The number of hydrogen-bond acceptors (Lipinski definition) is 3. The third-order valence-electron chi connectivity index (χ3n) is 8.00. The first-order chi connectivity index (χ1) is 10.4. The van der Waals surface area contributed by atoms with Crippen molar-refractivity contribution < 1.29 is 14.4 Å². The van der Waals surface area contributed by atoms with Crippen LogP contribution in [-0.4, -0.2) is 17.3 Å². The zero-order valence-corrected chi connectivity index (χ0v) is 13.7. The number of rotatable bonds is 0. The highest BCUT2D eigenvalue weighted by Gasteiger charge is 2.62. The van der Waals surface area contributed by atoms with E-state index in [-0.39, 0.29) is 28.6 Å². The van der Waals surface area contributed by atoms with Crippen molar-refractivity contribution in [3.05, 3.63) is 0 Å². The van der Waals surface area contributed by atoms with Crippen molar-refractivity contribution in [2.45, 2.75) is 65.2 Å². The van der Waals surface area contributed by atoms with E-state index in [1.807, 2.05) is 0 Å². The van der Waals surface area contributed by atoms with Crippen molar-refractivity contribution in [1.29, 1.82) is 0 Å². The van der Waals surface area contributed by atoms with Gasteiger partial charge in [0.05, 0.1) is 0 Å². The molecule has 120 valence electrons. The largest absolute Gasteiger partial charge is 0.300 e. The van der Waals surface area contributed by atoms with Gasteiger partial charge in [-0.05, 0) is 48.9 Å². The van der Waals surface area contributed by atoms with Crippen LogP contribution in [0.3, 0.4) is 0 Å². The van der Waals surface area contributed by atoms with Gasteiger partial charge in [0.15, 0.2) is 0 Å². The third kappa shape index (κ3) is 1.71. The Bertz CT molecular complexity index is 565. The maximum absolute atomic E-state index is 12.9. The van der Waals surface area contributed by atoms with Crippen LogP contribution in [0.15, 0.2) is 0 Å². The van der Waals surface area contributed by atoms with Crippen LogP contribution in [0.2, 0.25) is 0 Å². The Labute approximate surface area is 132 Å². The molecule has 0 spiro atoms. The van der Waals surface area contributed by atoms with Gasteiger partial charge in [0.2, 0.25) is 0 Å². The molecule has 4 saturated carbocycles. The van der Waals surface area contributed by atoms with Crippen LogP contribution in [-0.2, 0) is 14.4 Å². The van der Waals surface area contributed by atoms with Gasteiger partial charge in [-0.1, -0.05) is 13.8 Å². The van der Waals surface area contributed by atoms with E-state index in [1.54, 1.807) is 0 Å². The summed E-state index contributed by atoms with van der Waals surface area (Å²) >= 11 is 0. The Morgan fingerprint density at radius 1 is 0.909 bits per heavy atom. The molecule has 0 bridgehead atoms. The minimum Gasteiger partial charge on any atom is -0.300 e. The molecule has 22 heavy (non-hydrogen) atoms. The summed E-state index contributed by atoms with van der Waals surface area (Å²) in [5.41, 5.74) is -0.107. The Balaban J connectivity index is 1.72. The molecule has 4 aliphatic rings. The molecule has 3 heteroatoms. The summed E-state index contributed by atoms with van der Waals surface area (Å²) in [6.45, 7) is 4.43. The topological polar surface area (TPSA) is 51.2 Å². The number of carbonyl (C=O) groups excluding carboxylic acids is 3. The van der Waals surface area contributed by atoms with E-state index >= 15 is 0 Å². The molecule has 0 heterocycles. The van der Waals surface area contributed by atoms with Crippen LogP contribution in [0.1, 0.15) is 65.2 Å². The molecule has 0 aromatic rings. The number of ketones is 3. The fourth-order valence-corrected chi connectivity index (χ4v) is 6.50.